The number of pyridine rings is 2. The van der Waals surface area contributed by atoms with Crippen molar-refractivity contribution in [1.82, 2.24) is 9.97 Å². The molecule has 0 radical (unpaired) electrons. The quantitative estimate of drug-likeness (QED) is 0.210. The Morgan fingerprint density at radius 2 is 0.881 bits per heavy atom. The third kappa shape index (κ3) is 4.13. The molecule has 0 atom stereocenters. The Morgan fingerprint density at radius 3 is 1.60 bits per heavy atom. The molecule has 42 heavy (non-hydrogen) atoms. The highest BCUT2D eigenvalue weighted by Crippen LogP contribution is 2.44. The summed E-state index contributed by atoms with van der Waals surface area (Å²) in [4.78, 5) is 9.75. The van der Waals surface area contributed by atoms with Gasteiger partial charge in [0, 0.05) is 22.7 Å². The normalized spacial score (nSPS) is 11.3. The lowest BCUT2D eigenvalue weighted by atomic mass is 9.85. The van der Waals surface area contributed by atoms with E-state index >= 15 is 0 Å². The number of benzene rings is 6. The van der Waals surface area contributed by atoms with Crippen molar-refractivity contribution < 1.29 is 0 Å². The fourth-order valence-corrected chi connectivity index (χ4v) is 6.16. The molecule has 0 amide bonds. The maximum atomic E-state index is 5.09. The smallest absolute Gasteiger partial charge is 0.0725 e. The minimum absolute atomic E-state index is 0.916. The monoisotopic (exact) mass is 534 g/mol. The van der Waals surface area contributed by atoms with Gasteiger partial charge in [0.25, 0.3) is 0 Å². The molecule has 0 saturated carbocycles. The van der Waals surface area contributed by atoms with Crippen LogP contribution in [0.15, 0.2) is 158 Å². The highest BCUT2D eigenvalue weighted by atomic mass is 14.7. The first-order valence-electron chi connectivity index (χ1n) is 14.3. The molecule has 2 nitrogen and oxygen atoms in total. The molecule has 2 heteroatoms. The minimum Gasteiger partial charge on any atom is -0.256 e. The summed E-state index contributed by atoms with van der Waals surface area (Å²) in [5.41, 5.74) is 9.88. The number of aromatic nitrogens is 2. The SMILES string of the molecule is c1ccc(-c2c3ccccc3c(-c3cccc(-c4cccc(-c5cnc6ccccc6c5)n4)c3)c3ccccc23)cc1. The van der Waals surface area contributed by atoms with Crippen molar-refractivity contribution >= 4 is 32.4 Å². The van der Waals surface area contributed by atoms with Gasteiger partial charge in [-0.3, -0.25) is 4.98 Å². The Bertz CT molecular complexity index is 2190. The zero-order valence-electron chi connectivity index (χ0n) is 22.9. The molecule has 0 unspecified atom stereocenters. The first-order chi connectivity index (χ1) is 20.8. The molecule has 6 aromatic carbocycles. The van der Waals surface area contributed by atoms with Crippen LogP contribution in [-0.2, 0) is 0 Å². The molecule has 0 bridgehead atoms. The topological polar surface area (TPSA) is 25.8 Å². The van der Waals surface area contributed by atoms with Crippen molar-refractivity contribution in [2.45, 2.75) is 0 Å². The van der Waals surface area contributed by atoms with E-state index in [0.29, 0.717) is 0 Å². The molecule has 0 saturated heterocycles. The number of para-hydroxylation sites is 1. The summed E-state index contributed by atoms with van der Waals surface area (Å²) in [6.07, 6.45) is 1.91. The van der Waals surface area contributed by atoms with E-state index in [1.807, 2.05) is 24.4 Å². The van der Waals surface area contributed by atoms with Crippen LogP contribution < -0.4 is 0 Å². The predicted molar refractivity (Wildman–Crippen MR) is 176 cm³/mol. The first-order valence-corrected chi connectivity index (χ1v) is 14.3. The molecular weight excluding hydrogens is 508 g/mol. The second kappa shape index (κ2) is 10.1. The van der Waals surface area contributed by atoms with Crippen LogP contribution in [0.3, 0.4) is 0 Å². The zero-order valence-corrected chi connectivity index (χ0v) is 22.9. The molecule has 2 aromatic heterocycles. The van der Waals surface area contributed by atoms with Gasteiger partial charge in [0.2, 0.25) is 0 Å². The molecule has 8 aromatic rings. The number of rotatable bonds is 4. The first kappa shape index (κ1) is 24.2. The Morgan fingerprint density at radius 1 is 0.357 bits per heavy atom. The van der Waals surface area contributed by atoms with Gasteiger partial charge in [-0.2, -0.15) is 0 Å². The molecule has 0 spiro atoms. The van der Waals surface area contributed by atoms with Crippen molar-refractivity contribution in [3.63, 3.8) is 0 Å². The summed E-state index contributed by atoms with van der Waals surface area (Å²) >= 11 is 0. The average molecular weight is 535 g/mol. The lowest BCUT2D eigenvalue weighted by Gasteiger charge is -2.18. The van der Waals surface area contributed by atoms with E-state index < -0.39 is 0 Å². The summed E-state index contributed by atoms with van der Waals surface area (Å²) in [6.45, 7) is 0. The molecule has 2 heterocycles. The Labute approximate surface area is 244 Å². The molecule has 0 N–H and O–H groups in total. The maximum Gasteiger partial charge on any atom is 0.0725 e. The molecule has 0 fully saturated rings. The third-order valence-corrected chi connectivity index (χ3v) is 8.08. The number of hydrogen-bond donors (Lipinski definition) is 0. The van der Waals surface area contributed by atoms with Crippen molar-refractivity contribution in [2.75, 3.05) is 0 Å². The fourth-order valence-electron chi connectivity index (χ4n) is 6.16. The highest BCUT2D eigenvalue weighted by Gasteiger charge is 2.17. The largest absolute Gasteiger partial charge is 0.256 e. The van der Waals surface area contributed by atoms with Gasteiger partial charge < -0.3 is 0 Å². The van der Waals surface area contributed by atoms with Gasteiger partial charge in [0.15, 0.2) is 0 Å². The zero-order chi connectivity index (χ0) is 27.9. The van der Waals surface area contributed by atoms with Crippen LogP contribution in [0, 0.1) is 0 Å². The van der Waals surface area contributed by atoms with Crippen LogP contribution in [-0.4, -0.2) is 9.97 Å². The van der Waals surface area contributed by atoms with Gasteiger partial charge in [-0.1, -0.05) is 121 Å². The number of hydrogen-bond acceptors (Lipinski definition) is 2. The number of fused-ring (bicyclic) bond motifs is 3. The second-order valence-electron chi connectivity index (χ2n) is 10.6. The van der Waals surface area contributed by atoms with Crippen molar-refractivity contribution in [3.05, 3.63) is 158 Å². The average Bonchev–Trinajstić information content (AvgIpc) is 3.07. The lowest BCUT2D eigenvalue weighted by molar-refractivity contribution is 1.30. The molecule has 0 aliphatic rings. The van der Waals surface area contributed by atoms with Crippen molar-refractivity contribution in [3.8, 4) is 44.8 Å². The van der Waals surface area contributed by atoms with E-state index in [0.717, 1.165) is 33.4 Å². The maximum absolute atomic E-state index is 5.09. The van der Waals surface area contributed by atoms with Crippen LogP contribution in [0.5, 0.6) is 0 Å². The molecular formula is C40H26N2. The molecule has 0 aliphatic heterocycles. The predicted octanol–water partition coefficient (Wildman–Crippen LogP) is 10.6. The van der Waals surface area contributed by atoms with E-state index in [4.69, 9.17) is 4.98 Å². The van der Waals surface area contributed by atoms with Crippen LogP contribution in [0.4, 0.5) is 0 Å². The van der Waals surface area contributed by atoms with Crippen LogP contribution in [0.25, 0.3) is 77.2 Å². The van der Waals surface area contributed by atoms with E-state index in [1.165, 1.54) is 43.8 Å². The lowest BCUT2D eigenvalue weighted by Crippen LogP contribution is -1.92. The van der Waals surface area contributed by atoms with E-state index in [2.05, 4.69) is 138 Å². The van der Waals surface area contributed by atoms with Crippen LogP contribution in [0.2, 0.25) is 0 Å². The van der Waals surface area contributed by atoms with Gasteiger partial charge in [-0.25, -0.2) is 4.98 Å². The third-order valence-electron chi connectivity index (χ3n) is 8.08. The van der Waals surface area contributed by atoms with Gasteiger partial charge in [-0.05, 0) is 74.1 Å². The van der Waals surface area contributed by atoms with Gasteiger partial charge >= 0.3 is 0 Å². The van der Waals surface area contributed by atoms with E-state index in [9.17, 15) is 0 Å². The van der Waals surface area contributed by atoms with Crippen LogP contribution >= 0.6 is 0 Å². The fraction of sp³-hybridized carbons (Fsp3) is 0. The second-order valence-corrected chi connectivity index (χ2v) is 10.6. The van der Waals surface area contributed by atoms with Gasteiger partial charge in [0.1, 0.15) is 0 Å². The molecule has 196 valence electrons. The Hall–Kier alpha value is -5.60. The van der Waals surface area contributed by atoms with Crippen LogP contribution in [0.1, 0.15) is 0 Å². The summed E-state index contributed by atoms with van der Waals surface area (Å²) in [5.74, 6) is 0. The summed E-state index contributed by atoms with van der Waals surface area (Å²) in [6, 6.07) is 53.7. The van der Waals surface area contributed by atoms with Gasteiger partial charge in [-0.15, -0.1) is 0 Å². The Balaban J connectivity index is 1.30. The summed E-state index contributed by atoms with van der Waals surface area (Å²) in [5, 5.41) is 6.12. The molecule has 0 aliphatic carbocycles. The summed E-state index contributed by atoms with van der Waals surface area (Å²) < 4.78 is 0. The minimum atomic E-state index is 0.916. The standard InChI is InChI=1S/C40H26N2/c1-2-12-27(13-3-1)39-32-17-5-7-19-34(32)40(35-20-8-6-18-33(35)39)30-16-10-15-29(24-30)37-22-11-23-38(42-37)31-25-28-14-4-9-21-36(28)41-26-31/h1-26H. The van der Waals surface area contributed by atoms with Crippen molar-refractivity contribution in [1.29, 1.82) is 0 Å². The Kier molecular flexibility index (Phi) is 5.82. The van der Waals surface area contributed by atoms with E-state index in [1.54, 1.807) is 0 Å². The van der Waals surface area contributed by atoms with E-state index in [-0.39, 0.29) is 0 Å². The van der Waals surface area contributed by atoms with Crippen molar-refractivity contribution in [2.24, 2.45) is 0 Å². The number of nitrogens with zero attached hydrogens (tertiary/aromatic N) is 2. The van der Waals surface area contributed by atoms with Gasteiger partial charge in [0.05, 0.1) is 16.9 Å². The molecule has 8 rings (SSSR count). The highest BCUT2D eigenvalue weighted by molar-refractivity contribution is 6.21. The summed E-state index contributed by atoms with van der Waals surface area (Å²) in [7, 11) is 0.